The fourth-order valence-electron chi connectivity index (χ4n) is 1.51. The van der Waals surface area contributed by atoms with E-state index in [9.17, 15) is 14.4 Å². The standard InChI is InChI=1S/C14H21N3O4/c1-4-5-8-17-11(18)7-6-10(16-17)12(19)15-9-14(2,3)13(20)21/h6-7H,4-5,8-9H2,1-3H3,(H,15,19)(H,20,21). The Hall–Kier alpha value is -2.18. The third-order valence-corrected chi connectivity index (χ3v) is 3.09. The summed E-state index contributed by atoms with van der Waals surface area (Å²) in [5, 5.41) is 15.5. The summed E-state index contributed by atoms with van der Waals surface area (Å²) in [6.07, 6.45) is 1.71. The first-order chi connectivity index (χ1) is 9.77. The molecule has 2 N–H and O–H groups in total. The highest BCUT2D eigenvalue weighted by atomic mass is 16.4. The van der Waals surface area contributed by atoms with E-state index in [0.717, 1.165) is 12.8 Å². The largest absolute Gasteiger partial charge is 0.481 e. The fourth-order valence-corrected chi connectivity index (χ4v) is 1.51. The van der Waals surface area contributed by atoms with Gasteiger partial charge in [-0.15, -0.1) is 0 Å². The minimum Gasteiger partial charge on any atom is -0.481 e. The van der Waals surface area contributed by atoms with E-state index in [1.165, 1.54) is 30.7 Å². The van der Waals surface area contributed by atoms with Gasteiger partial charge in [-0.3, -0.25) is 14.4 Å². The smallest absolute Gasteiger partial charge is 0.310 e. The molecule has 0 bridgehead atoms. The number of aliphatic carboxylic acids is 1. The Bertz CT molecular complexity index is 578. The number of rotatable bonds is 7. The van der Waals surface area contributed by atoms with E-state index >= 15 is 0 Å². The molecule has 7 heteroatoms. The van der Waals surface area contributed by atoms with Gasteiger partial charge in [0.2, 0.25) is 0 Å². The quantitative estimate of drug-likeness (QED) is 0.777. The first kappa shape index (κ1) is 16.9. The van der Waals surface area contributed by atoms with Crippen molar-refractivity contribution in [3.63, 3.8) is 0 Å². The number of carboxylic acid groups (broad SMARTS) is 1. The molecular formula is C14H21N3O4. The molecule has 0 spiro atoms. The first-order valence-electron chi connectivity index (χ1n) is 6.87. The third kappa shape index (κ3) is 4.70. The summed E-state index contributed by atoms with van der Waals surface area (Å²) in [6.45, 7) is 5.47. The Balaban J connectivity index is 2.79. The van der Waals surface area contributed by atoms with Gasteiger partial charge in [0.05, 0.1) is 5.41 Å². The molecule has 1 aromatic heterocycles. The van der Waals surface area contributed by atoms with Crippen molar-refractivity contribution in [3.05, 3.63) is 28.2 Å². The molecule has 0 saturated heterocycles. The molecule has 0 saturated carbocycles. The van der Waals surface area contributed by atoms with Crippen LogP contribution in [0.2, 0.25) is 0 Å². The van der Waals surface area contributed by atoms with Crippen molar-refractivity contribution in [1.29, 1.82) is 0 Å². The van der Waals surface area contributed by atoms with Gasteiger partial charge in [0.1, 0.15) is 5.69 Å². The maximum absolute atomic E-state index is 12.0. The van der Waals surface area contributed by atoms with Gasteiger partial charge in [0, 0.05) is 19.2 Å². The molecule has 0 aromatic carbocycles. The van der Waals surface area contributed by atoms with Crippen molar-refractivity contribution in [2.75, 3.05) is 6.54 Å². The number of aryl methyl sites for hydroxylation is 1. The number of hydrogen-bond donors (Lipinski definition) is 2. The van der Waals surface area contributed by atoms with Crippen molar-refractivity contribution in [2.24, 2.45) is 5.41 Å². The van der Waals surface area contributed by atoms with Gasteiger partial charge in [-0.05, 0) is 26.3 Å². The number of hydrogen-bond acceptors (Lipinski definition) is 4. The Morgan fingerprint density at radius 1 is 1.38 bits per heavy atom. The summed E-state index contributed by atoms with van der Waals surface area (Å²) >= 11 is 0. The first-order valence-corrected chi connectivity index (χ1v) is 6.87. The monoisotopic (exact) mass is 295 g/mol. The van der Waals surface area contributed by atoms with E-state index in [1.54, 1.807) is 0 Å². The van der Waals surface area contributed by atoms with E-state index in [-0.39, 0.29) is 17.8 Å². The van der Waals surface area contributed by atoms with Crippen LogP contribution in [0.15, 0.2) is 16.9 Å². The predicted molar refractivity (Wildman–Crippen MR) is 77.2 cm³/mol. The van der Waals surface area contributed by atoms with Crippen molar-refractivity contribution in [2.45, 2.75) is 40.2 Å². The minimum atomic E-state index is -1.06. The molecule has 116 valence electrons. The lowest BCUT2D eigenvalue weighted by Gasteiger charge is -2.19. The number of unbranched alkanes of at least 4 members (excludes halogenated alkanes) is 1. The van der Waals surface area contributed by atoms with Gasteiger partial charge in [-0.1, -0.05) is 13.3 Å². The number of carboxylic acids is 1. The van der Waals surface area contributed by atoms with E-state index in [0.29, 0.717) is 6.54 Å². The number of carbonyl (C=O) groups is 2. The highest BCUT2D eigenvalue weighted by molar-refractivity contribution is 5.92. The normalized spacial score (nSPS) is 11.2. The van der Waals surface area contributed by atoms with Crippen LogP contribution in [-0.4, -0.2) is 33.3 Å². The third-order valence-electron chi connectivity index (χ3n) is 3.09. The molecule has 0 aliphatic rings. The highest BCUT2D eigenvalue weighted by Crippen LogP contribution is 2.13. The van der Waals surface area contributed by atoms with Crippen LogP contribution < -0.4 is 10.9 Å². The van der Waals surface area contributed by atoms with Gasteiger partial charge >= 0.3 is 5.97 Å². The van der Waals surface area contributed by atoms with E-state index in [4.69, 9.17) is 5.11 Å². The number of nitrogens with one attached hydrogen (secondary N) is 1. The van der Waals surface area contributed by atoms with Crippen LogP contribution in [0.4, 0.5) is 0 Å². The summed E-state index contributed by atoms with van der Waals surface area (Å²) in [6, 6.07) is 2.63. The lowest BCUT2D eigenvalue weighted by molar-refractivity contribution is -0.146. The maximum Gasteiger partial charge on any atom is 0.310 e. The number of nitrogens with zero attached hydrogens (tertiary/aromatic N) is 2. The van der Waals surface area contributed by atoms with Crippen molar-refractivity contribution >= 4 is 11.9 Å². The number of aromatic nitrogens is 2. The Morgan fingerprint density at radius 3 is 2.62 bits per heavy atom. The summed E-state index contributed by atoms with van der Waals surface area (Å²) < 4.78 is 1.25. The summed E-state index contributed by atoms with van der Waals surface area (Å²) in [4.78, 5) is 34.5. The predicted octanol–water partition coefficient (Wildman–Crippen LogP) is 0.884. The Morgan fingerprint density at radius 2 is 2.05 bits per heavy atom. The highest BCUT2D eigenvalue weighted by Gasteiger charge is 2.27. The molecule has 7 nitrogen and oxygen atoms in total. The average molecular weight is 295 g/mol. The van der Waals surface area contributed by atoms with Crippen LogP contribution in [0.1, 0.15) is 44.1 Å². The van der Waals surface area contributed by atoms with Gasteiger partial charge in [-0.25, -0.2) is 4.68 Å². The average Bonchev–Trinajstić information content (AvgIpc) is 2.43. The minimum absolute atomic E-state index is 0.0169. The lowest BCUT2D eigenvalue weighted by atomic mass is 9.94. The van der Waals surface area contributed by atoms with Gasteiger partial charge < -0.3 is 10.4 Å². The molecule has 0 radical (unpaired) electrons. The zero-order chi connectivity index (χ0) is 16.0. The topological polar surface area (TPSA) is 101 Å². The van der Waals surface area contributed by atoms with Crippen LogP contribution >= 0.6 is 0 Å². The molecule has 21 heavy (non-hydrogen) atoms. The van der Waals surface area contributed by atoms with Gasteiger partial charge in [-0.2, -0.15) is 5.10 Å². The molecular weight excluding hydrogens is 274 g/mol. The summed E-state index contributed by atoms with van der Waals surface area (Å²) in [7, 11) is 0. The van der Waals surface area contributed by atoms with E-state index in [1.807, 2.05) is 6.92 Å². The molecule has 0 atom stereocenters. The molecule has 1 amide bonds. The Kier molecular flexibility index (Phi) is 5.63. The Labute approximate surface area is 123 Å². The second-order valence-corrected chi connectivity index (χ2v) is 5.51. The lowest BCUT2D eigenvalue weighted by Crippen LogP contribution is -2.39. The molecule has 0 aliphatic heterocycles. The summed E-state index contributed by atoms with van der Waals surface area (Å²) in [5.74, 6) is -1.49. The molecule has 1 aromatic rings. The van der Waals surface area contributed by atoms with Crippen LogP contribution in [0.5, 0.6) is 0 Å². The molecule has 0 unspecified atom stereocenters. The van der Waals surface area contributed by atoms with Gasteiger partial charge in [0.15, 0.2) is 0 Å². The van der Waals surface area contributed by atoms with Crippen LogP contribution in [0.25, 0.3) is 0 Å². The van der Waals surface area contributed by atoms with Crippen molar-refractivity contribution in [1.82, 2.24) is 15.1 Å². The van der Waals surface area contributed by atoms with E-state index < -0.39 is 17.3 Å². The maximum atomic E-state index is 12.0. The van der Waals surface area contributed by atoms with Crippen molar-refractivity contribution < 1.29 is 14.7 Å². The number of amides is 1. The zero-order valence-electron chi connectivity index (χ0n) is 12.5. The van der Waals surface area contributed by atoms with Crippen LogP contribution in [0, 0.1) is 5.41 Å². The SMILES string of the molecule is CCCCn1nc(C(=O)NCC(C)(C)C(=O)O)ccc1=O. The zero-order valence-corrected chi connectivity index (χ0v) is 12.5. The van der Waals surface area contributed by atoms with E-state index in [2.05, 4.69) is 10.4 Å². The molecule has 0 aliphatic carbocycles. The summed E-state index contributed by atoms with van der Waals surface area (Å²) in [5.41, 5.74) is -1.22. The molecule has 1 rings (SSSR count). The van der Waals surface area contributed by atoms with Gasteiger partial charge in [0.25, 0.3) is 11.5 Å². The van der Waals surface area contributed by atoms with Crippen LogP contribution in [0.3, 0.4) is 0 Å². The second kappa shape index (κ2) is 7.01. The van der Waals surface area contributed by atoms with Crippen LogP contribution in [-0.2, 0) is 11.3 Å². The molecule has 1 heterocycles. The fraction of sp³-hybridized carbons (Fsp3) is 0.571. The second-order valence-electron chi connectivity index (χ2n) is 5.51. The molecule has 0 fully saturated rings. The van der Waals surface area contributed by atoms with Crippen molar-refractivity contribution in [3.8, 4) is 0 Å². The number of carbonyl (C=O) groups excluding carboxylic acids is 1.